The summed E-state index contributed by atoms with van der Waals surface area (Å²) in [5, 5.41) is 12.0. The number of hydrogen-bond acceptors (Lipinski definition) is 3. The number of hydrogen-bond donors (Lipinski definition) is 2. The fourth-order valence-electron chi connectivity index (χ4n) is 1.71. The van der Waals surface area contributed by atoms with Crippen LogP contribution in [0.1, 0.15) is 23.2 Å². The molecule has 0 aliphatic heterocycles. The number of pyridine rings is 1. The second-order valence-corrected chi connectivity index (χ2v) is 3.46. The molecular weight excluding hydrogens is 206 g/mol. The lowest BCUT2D eigenvalue weighted by molar-refractivity contribution is 0.0693. The lowest BCUT2D eigenvalue weighted by Crippen LogP contribution is -1.98. The molecule has 0 radical (unpaired) electrons. The molecule has 2 rings (SSSR count). The van der Waals surface area contributed by atoms with E-state index in [0.717, 1.165) is 11.5 Å². The standard InChI is InChI=1S/C11H13N3O2/c1-3-9-13-10(11(15)16)8-6-7(12-2)4-5-14(8)9/h4-6,12H,3H2,1-2H3,(H,15,16). The van der Waals surface area contributed by atoms with Gasteiger partial charge in [-0.2, -0.15) is 0 Å². The number of carbonyl (C=O) groups is 1. The van der Waals surface area contributed by atoms with E-state index in [1.807, 2.05) is 23.6 Å². The molecule has 0 aliphatic carbocycles. The molecule has 0 fully saturated rings. The summed E-state index contributed by atoms with van der Waals surface area (Å²) in [4.78, 5) is 15.2. The molecule has 0 atom stereocenters. The van der Waals surface area contributed by atoms with E-state index >= 15 is 0 Å². The first-order chi connectivity index (χ1) is 7.67. The molecule has 0 saturated carbocycles. The van der Waals surface area contributed by atoms with Crippen molar-refractivity contribution in [1.82, 2.24) is 9.38 Å². The Balaban J connectivity index is 2.75. The minimum atomic E-state index is -0.995. The Bertz CT molecular complexity index is 545. The molecule has 0 unspecified atom stereocenters. The number of aromatic nitrogens is 2. The fraction of sp³-hybridized carbons (Fsp3) is 0.273. The summed E-state index contributed by atoms with van der Waals surface area (Å²) in [5.74, 6) is -0.236. The van der Waals surface area contributed by atoms with E-state index in [1.165, 1.54) is 0 Å². The van der Waals surface area contributed by atoms with Gasteiger partial charge in [0.05, 0.1) is 5.52 Å². The van der Waals surface area contributed by atoms with Gasteiger partial charge >= 0.3 is 5.97 Å². The summed E-state index contributed by atoms with van der Waals surface area (Å²) >= 11 is 0. The number of rotatable bonds is 3. The van der Waals surface area contributed by atoms with Gasteiger partial charge < -0.3 is 14.8 Å². The summed E-state index contributed by atoms with van der Waals surface area (Å²) in [6, 6.07) is 3.68. The quantitative estimate of drug-likeness (QED) is 0.823. The van der Waals surface area contributed by atoms with Crippen LogP contribution in [0.3, 0.4) is 0 Å². The van der Waals surface area contributed by atoms with E-state index in [0.29, 0.717) is 11.9 Å². The van der Waals surface area contributed by atoms with E-state index in [9.17, 15) is 4.79 Å². The Morgan fingerprint density at radius 2 is 2.38 bits per heavy atom. The fourth-order valence-corrected chi connectivity index (χ4v) is 1.71. The van der Waals surface area contributed by atoms with Crippen molar-refractivity contribution in [2.45, 2.75) is 13.3 Å². The molecule has 0 saturated heterocycles. The number of fused-ring (bicyclic) bond motifs is 1. The maximum atomic E-state index is 11.0. The van der Waals surface area contributed by atoms with Crippen LogP contribution in [0.5, 0.6) is 0 Å². The number of aryl methyl sites for hydroxylation is 1. The average molecular weight is 219 g/mol. The summed E-state index contributed by atoms with van der Waals surface area (Å²) in [5.41, 5.74) is 1.60. The molecule has 5 nitrogen and oxygen atoms in total. The van der Waals surface area contributed by atoms with E-state index in [-0.39, 0.29) is 5.69 Å². The summed E-state index contributed by atoms with van der Waals surface area (Å²) < 4.78 is 1.81. The smallest absolute Gasteiger partial charge is 0.356 e. The van der Waals surface area contributed by atoms with E-state index in [1.54, 1.807) is 13.1 Å². The van der Waals surface area contributed by atoms with Crippen LogP contribution in [-0.4, -0.2) is 27.5 Å². The van der Waals surface area contributed by atoms with E-state index < -0.39 is 5.97 Å². The molecule has 0 aliphatic rings. The Hall–Kier alpha value is -2.04. The molecule has 2 aromatic rings. The second-order valence-electron chi connectivity index (χ2n) is 3.46. The Kier molecular flexibility index (Phi) is 2.52. The number of nitrogens with zero attached hydrogens (tertiary/aromatic N) is 2. The average Bonchev–Trinajstić information content (AvgIpc) is 2.66. The van der Waals surface area contributed by atoms with Gasteiger partial charge in [-0.05, 0) is 12.1 Å². The topological polar surface area (TPSA) is 66.6 Å². The van der Waals surface area contributed by atoms with Crippen molar-refractivity contribution in [3.63, 3.8) is 0 Å². The highest BCUT2D eigenvalue weighted by atomic mass is 16.4. The van der Waals surface area contributed by atoms with Crippen LogP contribution >= 0.6 is 0 Å². The maximum absolute atomic E-state index is 11.0. The molecule has 0 spiro atoms. The summed E-state index contributed by atoms with van der Waals surface area (Å²) in [6.07, 6.45) is 2.53. The van der Waals surface area contributed by atoms with Crippen LogP contribution in [0, 0.1) is 0 Å². The minimum absolute atomic E-state index is 0.106. The zero-order valence-corrected chi connectivity index (χ0v) is 9.19. The number of anilines is 1. The number of aromatic carboxylic acids is 1. The van der Waals surface area contributed by atoms with Gasteiger partial charge in [0, 0.05) is 25.4 Å². The normalized spacial score (nSPS) is 10.6. The molecule has 2 heterocycles. The van der Waals surface area contributed by atoms with Crippen LogP contribution in [0.15, 0.2) is 18.3 Å². The lowest BCUT2D eigenvalue weighted by atomic mass is 10.3. The molecule has 2 N–H and O–H groups in total. The number of nitrogens with one attached hydrogen (secondary N) is 1. The van der Waals surface area contributed by atoms with Crippen LogP contribution in [0.4, 0.5) is 5.69 Å². The highest BCUT2D eigenvalue weighted by molar-refractivity contribution is 5.94. The third kappa shape index (κ3) is 1.50. The summed E-state index contributed by atoms with van der Waals surface area (Å²) in [6.45, 7) is 1.95. The Morgan fingerprint density at radius 1 is 1.62 bits per heavy atom. The van der Waals surface area contributed by atoms with Crippen molar-refractivity contribution in [2.75, 3.05) is 12.4 Å². The van der Waals surface area contributed by atoms with E-state index in [4.69, 9.17) is 5.11 Å². The molecule has 84 valence electrons. The number of carboxylic acid groups (broad SMARTS) is 1. The van der Waals surface area contributed by atoms with Crippen molar-refractivity contribution in [3.05, 3.63) is 29.8 Å². The van der Waals surface area contributed by atoms with Crippen molar-refractivity contribution >= 4 is 17.2 Å². The lowest BCUT2D eigenvalue weighted by Gasteiger charge is -2.02. The van der Waals surface area contributed by atoms with Crippen LogP contribution in [-0.2, 0) is 6.42 Å². The monoisotopic (exact) mass is 219 g/mol. The molecule has 5 heteroatoms. The first-order valence-corrected chi connectivity index (χ1v) is 5.09. The first kappa shape index (κ1) is 10.5. The molecule has 16 heavy (non-hydrogen) atoms. The van der Waals surface area contributed by atoms with Gasteiger partial charge in [-0.25, -0.2) is 9.78 Å². The van der Waals surface area contributed by atoms with Gasteiger partial charge in [-0.3, -0.25) is 0 Å². The maximum Gasteiger partial charge on any atom is 0.356 e. The number of carboxylic acids is 1. The van der Waals surface area contributed by atoms with Gasteiger partial charge in [-0.15, -0.1) is 0 Å². The molecular formula is C11H13N3O2. The molecule has 0 aromatic carbocycles. The van der Waals surface area contributed by atoms with Crippen molar-refractivity contribution in [1.29, 1.82) is 0 Å². The predicted octanol–water partition coefficient (Wildman–Crippen LogP) is 1.64. The molecule has 2 aromatic heterocycles. The molecule has 0 bridgehead atoms. The van der Waals surface area contributed by atoms with Crippen molar-refractivity contribution in [3.8, 4) is 0 Å². The number of imidazole rings is 1. The van der Waals surface area contributed by atoms with Gasteiger partial charge in [0.25, 0.3) is 0 Å². The zero-order chi connectivity index (χ0) is 11.7. The van der Waals surface area contributed by atoms with Gasteiger partial charge in [0.15, 0.2) is 5.69 Å². The van der Waals surface area contributed by atoms with Crippen LogP contribution in [0.2, 0.25) is 0 Å². The van der Waals surface area contributed by atoms with Gasteiger partial charge in [-0.1, -0.05) is 6.92 Å². The second kappa shape index (κ2) is 3.84. The van der Waals surface area contributed by atoms with Crippen molar-refractivity contribution < 1.29 is 9.90 Å². The Morgan fingerprint density at radius 3 is 2.94 bits per heavy atom. The minimum Gasteiger partial charge on any atom is -0.476 e. The Labute approximate surface area is 92.7 Å². The highest BCUT2D eigenvalue weighted by Gasteiger charge is 2.15. The largest absolute Gasteiger partial charge is 0.476 e. The van der Waals surface area contributed by atoms with E-state index in [2.05, 4.69) is 10.3 Å². The SMILES string of the molecule is CCc1nc(C(=O)O)c2cc(NC)ccn12. The van der Waals surface area contributed by atoms with Crippen LogP contribution < -0.4 is 5.32 Å². The first-order valence-electron chi connectivity index (χ1n) is 5.09. The summed E-state index contributed by atoms with van der Waals surface area (Å²) in [7, 11) is 1.80. The third-order valence-electron chi connectivity index (χ3n) is 2.52. The highest BCUT2D eigenvalue weighted by Crippen LogP contribution is 2.18. The third-order valence-corrected chi connectivity index (χ3v) is 2.52. The predicted molar refractivity (Wildman–Crippen MR) is 61.1 cm³/mol. The molecule has 0 amide bonds. The zero-order valence-electron chi connectivity index (χ0n) is 9.19. The van der Waals surface area contributed by atoms with Crippen LogP contribution in [0.25, 0.3) is 5.52 Å². The van der Waals surface area contributed by atoms with Gasteiger partial charge in [0.1, 0.15) is 5.82 Å². The van der Waals surface area contributed by atoms with Crippen molar-refractivity contribution in [2.24, 2.45) is 0 Å². The van der Waals surface area contributed by atoms with Gasteiger partial charge in [0.2, 0.25) is 0 Å².